The molecule has 4 aromatic carbocycles. The fraction of sp³-hybridized carbons (Fsp3) is 0.200. The molecule has 162 valence electrons. The van der Waals surface area contributed by atoms with Crippen molar-refractivity contribution >= 4 is 0 Å². The van der Waals surface area contributed by atoms with Crippen LogP contribution in [0.4, 0.5) is 8.78 Å². The van der Waals surface area contributed by atoms with Crippen LogP contribution in [-0.4, -0.2) is 0 Å². The number of halogens is 2. The monoisotopic (exact) mass is 426 g/mol. The molecular weight excluding hydrogens is 398 g/mol. The van der Waals surface area contributed by atoms with Crippen molar-refractivity contribution in [2.24, 2.45) is 0 Å². The molecule has 0 nitrogen and oxygen atoms in total. The van der Waals surface area contributed by atoms with Crippen molar-refractivity contribution in [1.29, 1.82) is 0 Å². The molecule has 0 spiro atoms. The number of hydrogen-bond donors (Lipinski definition) is 0. The van der Waals surface area contributed by atoms with Crippen LogP contribution in [0.15, 0.2) is 84.9 Å². The molecule has 0 atom stereocenters. The molecule has 0 saturated carbocycles. The van der Waals surface area contributed by atoms with Crippen molar-refractivity contribution in [3.63, 3.8) is 0 Å². The summed E-state index contributed by atoms with van der Waals surface area (Å²) in [6.07, 6.45) is 4.00. The average molecular weight is 427 g/mol. The second-order valence-electron chi connectivity index (χ2n) is 8.28. The Morgan fingerprint density at radius 3 is 1.41 bits per heavy atom. The Morgan fingerprint density at radius 2 is 0.875 bits per heavy atom. The Labute approximate surface area is 189 Å². The quantitative estimate of drug-likeness (QED) is 0.277. The van der Waals surface area contributed by atoms with Crippen molar-refractivity contribution in [1.82, 2.24) is 0 Å². The Balaban J connectivity index is 1.56. The molecule has 32 heavy (non-hydrogen) atoms. The predicted molar refractivity (Wildman–Crippen MR) is 131 cm³/mol. The van der Waals surface area contributed by atoms with E-state index in [1.807, 2.05) is 24.3 Å². The number of hydrogen-bond acceptors (Lipinski definition) is 0. The molecule has 0 unspecified atom stereocenters. The highest BCUT2D eigenvalue weighted by molar-refractivity contribution is 5.74. The van der Waals surface area contributed by atoms with E-state index in [2.05, 4.69) is 50.2 Å². The Kier molecular flexibility index (Phi) is 6.80. The second kappa shape index (κ2) is 9.91. The van der Waals surface area contributed by atoms with Crippen LogP contribution in [-0.2, 0) is 12.8 Å². The van der Waals surface area contributed by atoms with E-state index in [1.54, 1.807) is 12.1 Å². The molecule has 0 N–H and O–H groups in total. The smallest absolute Gasteiger partial charge is 0.131 e. The normalized spacial score (nSPS) is 11.0. The van der Waals surface area contributed by atoms with Crippen molar-refractivity contribution in [2.45, 2.75) is 39.5 Å². The second-order valence-corrected chi connectivity index (χ2v) is 8.28. The molecule has 0 aromatic heterocycles. The Morgan fingerprint density at radius 1 is 0.469 bits per heavy atom. The van der Waals surface area contributed by atoms with Gasteiger partial charge in [-0.05, 0) is 58.4 Å². The molecule has 0 aliphatic carbocycles. The summed E-state index contributed by atoms with van der Waals surface area (Å²) in [6, 6.07) is 26.9. The highest BCUT2D eigenvalue weighted by Gasteiger charge is 2.12. The first-order chi connectivity index (χ1) is 15.6. The van der Waals surface area contributed by atoms with Gasteiger partial charge >= 0.3 is 0 Å². The Bertz CT molecular complexity index is 1190. The van der Waals surface area contributed by atoms with Crippen LogP contribution < -0.4 is 0 Å². The lowest BCUT2D eigenvalue weighted by Gasteiger charge is -2.10. The number of benzene rings is 4. The molecule has 4 aromatic rings. The maximum Gasteiger partial charge on any atom is 0.131 e. The van der Waals surface area contributed by atoms with Crippen LogP contribution in [0.3, 0.4) is 0 Å². The van der Waals surface area contributed by atoms with Gasteiger partial charge in [0.15, 0.2) is 0 Å². The average Bonchev–Trinajstić information content (AvgIpc) is 2.81. The van der Waals surface area contributed by atoms with Crippen LogP contribution in [0, 0.1) is 11.6 Å². The van der Waals surface area contributed by atoms with Gasteiger partial charge in [0.1, 0.15) is 11.6 Å². The van der Waals surface area contributed by atoms with E-state index >= 15 is 0 Å². The number of rotatable bonds is 7. The van der Waals surface area contributed by atoms with E-state index in [1.165, 1.54) is 23.3 Å². The molecule has 0 radical (unpaired) electrons. The van der Waals surface area contributed by atoms with Crippen molar-refractivity contribution in [3.8, 4) is 33.4 Å². The lowest BCUT2D eigenvalue weighted by atomic mass is 9.96. The molecule has 0 fully saturated rings. The van der Waals surface area contributed by atoms with Gasteiger partial charge in [0, 0.05) is 11.1 Å². The van der Waals surface area contributed by atoms with Gasteiger partial charge in [-0.2, -0.15) is 0 Å². The third kappa shape index (κ3) is 4.80. The largest absolute Gasteiger partial charge is 0.206 e. The minimum Gasteiger partial charge on any atom is -0.206 e. The zero-order chi connectivity index (χ0) is 22.5. The summed E-state index contributed by atoms with van der Waals surface area (Å²) >= 11 is 0. The SMILES string of the molecule is CCCc1ccc(-c2ccc(-c3ccc(-c4ccc(CCC)cc4F)c(F)c3)cc2)cc1. The molecule has 0 saturated heterocycles. The zero-order valence-corrected chi connectivity index (χ0v) is 18.7. The van der Waals surface area contributed by atoms with Crippen LogP contribution in [0.2, 0.25) is 0 Å². The molecule has 4 rings (SSSR count). The van der Waals surface area contributed by atoms with E-state index in [4.69, 9.17) is 0 Å². The van der Waals surface area contributed by atoms with Crippen molar-refractivity contribution in [2.75, 3.05) is 0 Å². The lowest BCUT2D eigenvalue weighted by molar-refractivity contribution is 0.615. The first-order valence-electron chi connectivity index (χ1n) is 11.4. The molecule has 2 heteroatoms. The number of aryl methyl sites for hydroxylation is 2. The maximum atomic E-state index is 14.9. The summed E-state index contributed by atoms with van der Waals surface area (Å²) in [5.74, 6) is -0.794. The first-order valence-corrected chi connectivity index (χ1v) is 11.4. The minimum absolute atomic E-state index is 0.290. The van der Waals surface area contributed by atoms with Crippen molar-refractivity contribution < 1.29 is 8.78 Å². The third-order valence-electron chi connectivity index (χ3n) is 5.88. The van der Waals surface area contributed by atoms with Gasteiger partial charge in [0.25, 0.3) is 0 Å². The highest BCUT2D eigenvalue weighted by atomic mass is 19.1. The van der Waals surface area contributed by atoms with Crippen LogP contribution in [0.5, 0.6) is 0 Å². The lowest BCUT2D eigenvalue weighted by Crippen LogP contribution is -1.92. The van der Waals surface area contributed by atoms with Crippen LogP contribution in [0.25, 0.3) is 33.4 Å². The van der Waals surface area contributed by atoms with E-state index in [-0.39, 0.29) is 11.4 Å². The summed E-state index contributed by atoms with van der Waals surface area (Å²) < 4.78 is 29.5. The van der Waals surface area contributed by atoms with E-state index in [9.17, 15) is 8.78 Å². The molecule has 0 heterocycles. The topological polar surface area (TPSA) is 0 Å². The summed E-state index contributed by atoms with van der Waals surface area (Å²) in [6.45, 7) is 4.24. The van der Waals surface area contributed by atoms with Crippen LogP contribution >= 0.6 is 0 Å². The van der Waals surface area contributed by atoms with E-state index in [0.717, 1.165) is 47.9 Å². The molecule has 0 amide bonds. The van der Waals surface area contributed by atoms with E-state index in [0.29, 0.717) is 5.56 Å². The molecule has 0 aliphatic rings. The van der Waals surface area contributed by atoms with Gasteiger partial charge < -0.3 is 0 Å². The summed E-state index contributed by atoms with van der Waals surface area (Å²) in [4.78, 5) is 0. The molecular formula is C30H28F2. The zero-order valence-electron chi connectivity index (χ0n) is 18.7. The fourth-order valence-corrected chi connectivity index (χ4v) is 4.14. The van der Waals surface area contributed by atoms with Gasteiger partial charge in [0.05, 0.1) is 0 Å². The molecule has 0 aliphatic heterocycles. The minimum atomic E-state index is -0.416. The van der Waals surface area contributed by atoms with Gasteiger partial charge in [-0.1, -0.05) is 99.5 Å². The Hall–Kier alpha value is -3.26. The van der Waals surface area contributed by atoms with Gasteiger partial charge in [-0.3, -0.25) is 0 Å². The highest BCUT2D eigenvalue weighted by Crippen LogP contribution is 2.31. The third-order valence-corrected chi connectivity index (χ3v) is 5.88. The van der Waals surface area contributed by atoms with Crippen molar-refractivity contribution in [3.05, 3.63) is 108 Å². The standard InChI is InChI=1S/C30H28F2/c1-3-5-21-7-10-23(11-8-21)24-12-14-25(15-13-24)26-16-18-28(30(32)20-26)27-17-9-22(6-4-2)19-29(27)31/h7-20H,3-6H2,1-2H3. The maximum absolute atomic E-state index is 14.9. The van der Waals surface area contributed by atoms with Gasteiger partial charge in [-0.15, -0.1) is 0 Å². The van der Waals surface area contributed by atoms with Gasteiger partial charge in [-0.25, -0.2) is 8.78 Å². The molecule has 0 bridgehead atoms. The fourth-order valence-electron chi connectivity index (χ4n) is 4.14. The van der Waals surface area contributed by atoms with Gasteiger partial charge in [0.2, 0.25) is 0 Å². The van der Waals surface area contributed by atoms with E-state index < -0.39 is 5.82 Å². The van der Waals surface area contributed by atoms with Crippen LogP contribution in [0.1, 0.15) is 37.8 Å². The predicted octanol–water partition coefficient (Wildman–Crippen LogP) is 8.87. The summed E-state index contributed by atoms with van der Waals surface area (Å²) in [5, 5.41) is 0. The first kappa shape index (κ1) is 22.0. The summed E-state index contributed by atoms with van der Waals surface area (Å²) in [5.41, 5.74) is 6.88. The summed E-state index contributed by atoms with van der Waals surface area (Å²) in [7, 11) is 0.